The highest BCUT2D eigenvalue weighted by molar-refractivity contribution is 7.98. The maximum absolute atomic E-state index is 11.5. The highest BCUT2D eigenvalue weighted by atomic mass is 32.2. The molecule has 3 N–H and O–H groups in total. The maximum Gasteiger partial charge on any atom is 0.221 e. The molecule has 1 fully saturated rings. The fourth-order valence-electron chi connectivity index (χ4n) is 1.98. The molecule has 0 atom stereocenters. The van der Waals surface area contributed by atoms with E-state index in [1.54, 1.807) is 11.8 Å². The van der Waals surface area contributed by atoms with Gasteiger partial charge in [0, 0.05) is 18.7 Å². The number of amides is 1. The quantitative estimate of drug-likeness (QED) is 0.724. The first-order valence-electron chi connectivity index (χ1n) is 5.22. The van der Waals surface area contributed by atoms with Crippen molar-refractivity contribution >= 4 is 17.7 Å². The van der Waals surface area contributed by atoms with Crippen LogP contribution in [0.5, 0.6) is 0 Å². The van der Waals surface area contributed by atoms with Crippen LogP contribution in [-0.4, -0.2) is 30.0 Å². The van der Waals surface area contributed by atoms with Crippen molar-refractivity contribution in [3.8, 4) is 0 Å². The Morgan fingerprint density at radius 2 is 2.14 bits per heavy atom. The van der Waals surface area contributed by atoms with E-state index >= 15 is 0 Å². The van der Waals surface area contributed by atoms with Gasteiger partial charge in [0.1, 0.15) is 0 Å². The van der Waals surface area contributed by atoms with Crippen LogP contribution in [0.1, 0.15) is 32.1 Å². The van der Waals surface area contributed by atoms with Crippen molar-refractivity contribution in [2.45, 2.75) is 37.6 Å². The number of hydrogen-bond acceptors (Lipinski definition) is 3. The number of hydrogen-bond donors (Lipinski definition) is 2. The maximum atomic E-state index is 11.5. The second-order valence-electron chi connectivity index (χ2n) is 3.98. The predicted octanol–water partition coefficient (Wildman–Crippen LogP) is 1.13. The summed E-state index contributed by atoms with van der Waals surface area (Å²) in [4.78, 5) is 11.5. The second-order valence-corrected chi connectivity index (χ2v) is 4.97. The minimum atomic E-state index is -0.0739. The van der Waals surface area contributed by atoms with Gasteiger partial charge in [-0.25, -0.2) is 0 Å². The van der Waals surface area contributed by atoms with Crippen LogP contribution in [-0.2, 0) is 4.79 Å². The summed E-state index contributed by atoms with van der Waals surface area (Å²) in [5.41, 5.74) is 5.65. The Morgan fingerprint density at radius 1 is 1.50 bits per heavy atom. The normalized spacial score (nSPS) is 19.6. The van der Waals surface area contributed by atoms with Gasteiger partial charge in [0.25, 0.3) is 0 Å². The number of carbonyl (C=O) groups excluding carboxylic acids is 1. The SMILES string of the molecule is CSCCC(=O)NC1(CN)CCCC1. The van der Waals surface area contributed by atoms with Gasteiger partial charge in [-0.2, -0.15) is 11.8 Å². The van der Waals surface area contributed by atoms with Crippen LogP contribution >= 0.6 is 11.8 Å². The fourth-order valence-corrected chi connectivity index (χ4v) is 2.37. The van der Waals surface area contributed by atoms with Crippen molar-refractivity contribution in [2.75, 3.05) is 18.6 Å². The molecule has 4 heteroatoms. The van der Waals surface area contributed by atoms with E-state index in [1.807, 2.05) is 6.26 Å². The van der Waals surface area contributed by atoms with Crippen molar-refractivity contribution in [3.05, 3.63) is 0 Å². The summed E-state index contributed by atoms with van der Waals surface area (Å²) in [7, 11) is 0. The van der Waals surface area contributed by atoms with Gasteiger partial charge in [-0.3, -0.25) is 4.79 Å². The van der Waals surface area contributed by atoms with Crippen LogP contribution < -0.4 is 11.1 Å². The summed E-state index contributed by atoms with van der Waals surface area (Å²) in [6, 6.07) is 0. The van der Waals surface area contributed by atoms with Crippen molar-refractivity contribution in [1.82, 2.24) is 5.32 Å². The lowest BCUT2D eigenvalue weighted by Crippen LogP contribution is -2.51. The number of nitrogens with two attached hydrogens (primary N) is 1. The number of nitrogens with one attached hydrogen (secondary N) is 1. The lowest BCUT2D eigenvalue weighted by molar-refractivity contribution is -0.122. The van der Waals surface area contributed by atoms with E-state index in [0.717, 1.165) is 18.6 Å². The average Bonchev–Trinajstić information content (AvgIpc) is 2.64. The largest absolute Gasteiger partial charge is 0.349 e. The summed E-state index contributed by atoms with van der Waals surface area (Å²) in [6.45, 7) is 0.581. The third-order valence-electron chi connectivity index (χ3n) is 2.89. The lowest BCUT2D eigenvalue weighted by Gasteiger charge is -2.28. The van der Waals surface area contributed by atoms with E-state index in [2.05, 4.69) is 5.32 Å². The topological polar surface area (TPSA) is 55.1 Å². The van der Waals surface area contributed by atoms with E-state index in [4.69, 9.17) is 5.73 Å². The number of carbonyl (C=O) groups is 1. The number of thioether (sulfide) groups is 1. The standard InChI is InChI=1S/C10H20N2OS/c1-14-7-4-9(13)12-10(8-11)5-2-3-6-10/h2-8,11H2,1H3,(H,12,13). The Balaban J connectivity index is 2.36. The number of rotatable bonds is 5. The molecule has 0 heterocycles. The molecule has 0 aliphatic heterocycles. The van der Waals surface area contributed by atoms with Crippen LogP contribution in [0, 0.1) is 0 Å². The van der Waals surface area contributed by atoms with Gasteiger partial charge in [0.15, 0.2) is 0 Å². The van der Waals surface area contributed by atoms with E-state index in [9.17, 15) is 4.79 Å². The van der Waals surface area contributed by atoms with Crippen LogP contribution in [0.2, 0.25) is 0 Å². The van der Waals surface area contributed by atoms with Gasteiger partial charge < -0.3 is 11.1 Å². The third-order valence-corrected chi connectivity index (χ3v) is 3.50. The van der Waals surface area contributed by atoms with E-state index < -0.39 is 0 Å². The molecule has 0 saturated heterocycles. The minimum Gasteiger partial charge on any atom is -0.349 e. The molecule has 1 saturated carbocycles. The molecule has 0 aromatic carbocycles. The molecule has 1 aliphatic rings. The highest BCUT2D eigenvalue weighted by Gasteiger charge is 2.33. The molecular weight excluding hydrogens is 196 g/mol. The van der Waals surface area contributed by atoms with Crippen LogP contribution in [0.15, 0.2) is 0 Å². The molecule has 1 aliphatic carbocycles. The highest BCUT2D eigenvalue weighted by Crippen LogP contribution is 2.28. The van der Waals surface area contributed by atoms with Gasteiger partial charge >= 0.3 is 0 Å². The van der Waals surface area contributed by atoms with Gasteiger partial charge in [-0.1, -0.05) is 12.8 Å². The molecule has 0 bridgehead atoms. The Bertz CT molecular complexity index is 191. The molecule has 1 rings (SSSR count). The Labute approximate surface area is 90.2 Å². The van der Waals surface area contributed by atoms with Gasteiger partial charge in [0.2, 0.25) is 5.91 Å². The van der Waals surface area contributed by atoms with Crippen LogP contribution in [0.25, 0.3) is 0 Å². The molecule has 3 nitrogen and oxygen atoms in total. The zero-order valence-corrected chi connectivity index (χ0v) is 9.66. The van der Waals surface area contributed by atoms with Crippen molar-refractivity contribution in [2.24, 2.45) is 5.73 Å². The van der Waals surface area contributed by atoms with Gasteiger partial charge in [0.05, 0.1) is 5.54 Å². The molecule has 14 heavy (non-hydrogen) atoms. The van der Waals surface area contributed by atoms with E-state index in [-0.39, 0.29) is 11.4 Å². The predicted molar refractivity (Wildman–Crippen MR) is 61.4 cm³/mol. The molecule has 0 spiro atoms. The zero-order chi connectivity index (χ0) is 10.4. The van der Waals surface area contributed by atoms with E-state index in [1.165, 1.54) is 12.8 Å². The summed E-state index contributed by atoms with van der Waals surface area (Å²) in [5.74, 6) is 1.05. The van der Waals surface area contributed by atoms with Gasteiger partial charge in [-0.05, 0) is 19.1 Å². The molecule has 0 aromatic heterocycles. The lowest BCUT2D eigenvalue weighted by atomic mass is 9.98. The Morgan fingerprint density at radius 3 is 2.64 bits per heavy atom. The van der Waals surface area contributed by atoms with Gasteiger partial charge in [-0.15, -0.1) is 0 Å². The van der Waals surface area contributed by atoms with Crippen molar-refractivity contribution in [1.29, 1.82) is 0 Å². The summed E-state index contributed by atoms with van der Waals surface area (Å²) in [5, 5.41) is 3.10. The molecule has 1 amide bonds. The van der Waals surface area contributed by atoms with Crippen molar-refractivity contribution in [3.63, 3.8) is 0 Å². The van der Waals surface area contributed by atoms with Crippen LogP contribution in [0.4, 0.5) is 0 Å². The van der Waals surface area contributed by atoms with E-state index in [0.29, 0.717) is 13.0 Å². The molecule has 0 aromatic rings. The molecule has 82 valence electrons. The first-order chi connectivity index (χ1) is 6.72. The van der Waals surface area contributed by atoms with Crippen molar-refractivity contribution < 1.29 is 4.79 Å². The fraction of sp³-hybridized carbons (Fsp3) is 0.900. The molecule has 0 unspecified atom stereocenters. The average molecular weight is 216 g/mol. The first-order valence-corrected chi connectivity index (χ1v) is 6.62. The summed E-state index contributed by atoms with van der Waals surface area (Å²) >= 11 is 1.70. The monoisotopic (exact) mass is 216 g/mol. The summed E-state index contributed by atoms with van der Waals surface area (Å²) < 4.78 is 0. The Hall–Kier alpha value is -0.220. The first kappa shape index (κ1) is 11.9. The minimum absolute atomic E-state index is 0.0739. The molecule has 0 radical (unpaired) electrons. The van der Waals surface area contributed by atoms with Crippen LogP contribution in [0.3, 0.4) is 0 Å². The second kappa shape index (κ2) is 5.61. The smallest absolute Gasteiger partial charge is 0.221 e. The third kappa shape index (κ3) is 3.17. The summed E-state index contributed by atoms with van der Waals surface area (Å²) in [6.07, 6.45) is 7.12. The molecular formula is C10H20N2OS. The zero-order valence-electron chi connectivity index (χ0n) is 8.84. The Kier molecular flexibility index (Phi) is 4.75.